The smallest absolute Gasteiger partial charge is 0.263 e. The van der Waals surface area contributed by atoms with Crippen LogP contribution in [0, 0.1) is 5.82 Å². The lowest BCUT2D eigenvalue weighted by Crippen LogP contribution is -2.12. The van der Waals surface area contributed by atoms with Gasteiger partial charge in [0.25, 0.3) is 5.56 Å². The molecular formula is C15H12FN7O. The van der Waals surface area contributed by atoms with Gasteiger partial charge < -0.3 is 9.88 Å². The molecule has 0 aliphatic rings. The first-order chi connectivity index (χ1) is 11.7. The summed E-state index contributed by atoms with van der Waals surface area (Å²) in [7, 11) is 0. The molecule has 120 valence electrons. The fourth-order valence-corrected chi connectivity index (χ4v) is 2.39. The van der Waals surface area contributed by atoms with Gasteiger partial charge in [-0.1, -0.05) is 6.07 Å². The average molecular weight is 325 g/mol. The molecule has 0 saturated carbocycles. The summed E-state index contributed by atoms with van der Waals surface area (Å²) in [5, 5.41) is 9.77. The number of imidazole rings is 1. The summed E-state index contributed by atoms with van der Waals surface area (Å²) in [6, 6.07) is 4.88. The molecule has 8 nitrogen and oxygen atoms in total. The number of nitrogens with zero attached hydrogens (tertiary/aromatic N) is 4. The lowest BCUT2D eigenvalue weighted by molar-refractivity contribution is 0.616. The first-order valence-corrected chi connectivity index (χ1v) is 7.15. The highest BCUT2D eigenvalue weighted by atomic mass is 19.1. The van der Waals surface area contributed by atoms with E-state index in [0.29, 0.717) is 28.8 Å². The summed E-state index contributed by atoms with van der Waals surface area (Å²) in [5.74, 6) is -0.0754. The summed E-state index contributed by atoms with van der Waals surface area (Å²) >= 11 is 0. The molecule has 0 unspecified atom stereocenters. The van der Waals surface area contributed by atoms with Crippen LogP contribution in [0.2, 0.25) is 0 Å². The van der Waals surface area contributed by atoms with Crippen molar-refractivity contribution in [2.45, 2.75) is 6.54 Å². The van der Waals surface area contributed by atoms with Crippen LogP contribution in [-0.2, 0) is 6.54 Å². The minimum atomic E-state index is -0.363. The Morgan fingerprint density at radius 3 is 3.04 bits per heavy atom. The van der Waals surface area contributed by atoms with Crippen LogP contribution in [0.1, 0.15) is 5.56 Å². The highest BCUT2D eigenvalue weighted by Gasteiger charge is 2.07. The summed E-state index contributed by atoms with van der Waals surface area (Å²) < 4.78 is 15.8. The molecule has 0 spiro atoms. The molecule has 24 heavy (non-hydrogen) atoms. The number of hydrogen-bond donors (Lipinski definition) is 3. The van der Waals surface area contributed by atoms with Crippen LogP contribution < -0.4 is 10.9 Å². The number of rotatable bonds is 4. The molecule has 0 radical (unpaired) electrons. The number of H-pyrrole nitrogens is 2. The minimum absolute atomic E-state index is 0.288. The zero-order valence-corrected chi connectivity index (χ0v) is 12.3. The maximum absolute atomic E-state index is 14.2. The van der Waals surface area contributed by atoms with Gasteiger partial charge in [0.15, 0.2) is 5.65 Å². The highest BCUT2D eigenvalue weighted by Crippen LogP contribution is 2.15. The van der Waals surface area contributed by atoms with Crippen molar-refractivity contribution >= 4 is 17.0 Å². The van der Waals surface area contributed by atoms with Crippen molar-refractivity contribution in [3.8, 4) is 5.69 Å². The topological polar surface area (TPSA) is 104 Å². The second-order valence-corrected chi connectivity index (χ2v) is 5.16. The number of fused-ring (bicyclic) bond motifs is 1. The van der Waals surface area contributed by atoms with E-state index in [2.05, 4.69) is 30.5 Å². The van der Waals surface area contributed by atoms with Gasteiger partial charge in [-0.15, -0.1) is 0 Å². The molecule has 3 heterocycles. The van der Waals surface area contributed by atoms with Crippen LogP contribution in [0.3, 0.4) is 0 Å². The Bertz CT molecular complexity index is 1050. The van der Waals surface area contributed by atoms with Gasteiger partial charge in [0.1, 0.15) is 11.2 Å². The Kier molecular flexibility index (Phi) is 3.30. The molecule has 0 aliphatic heterocycles. The fourth-order valence-electron chi connectivity index (χ4n) is 2.39. The number of aromatic amines is 2. The lowest BCUT2D eigenvalue weighted by Gasteiger charge is -2.08. The zero-order valence-electron chi connectivity index (χ0n) is 12.3. The van der Waals surface area contributed by atoms with Crippen molar-refractivity contribution in [1.29, 1.82) is 0 Å². The van der Waals surface area contributed by atoms with Crippen molar-refractivity contribution in [3.63, 3.8) is 0 Å². The molecule has 4 aromatic rings. The van der Waals surface area contributed by atoms with E-state index < -0.39 is 0 Å². The van der Waals surface area contributed by atoms with E-state index in [0.717, 1.165) is 0 Å². The Labute approximate surface area is 134 Å². The number of benzene rings is 1. The van der Waals surface area contributed by atoms with Gasteiger partial charge in [0.05, 0.1) is 18.2 Å². The van der Waals surface area contributed by atoms with Gasteiger partial charge in [0, 0.05) is 18.9 Å². The van der Waals surface area contributed by atoms with Crippen molar-refractivity contribution in [3.05, 3.63) is 64.9 Å². The number of aromatic nitrogens is 6. The van der Waals surface area contributed by atoms with Crippen LogP contribution in [0.5, 0.6) is 0 Å². The van der Waals surface area contributed by atoms with Crippen molar-refractivity contribution in [1.82, 2.24) is 29.7 Å². The largest absolute Gasteiger partial charge is 0.352 e. The Morgan fingerprint density at radius 2 is 2.25 bits per heavy atom. The van der Waals surface area contributed by atoms with Crippen molar-refractivity contribution < 1.29 is 4.39 Å². The van der Waals surface area contributed by atoms with E-state index in [9.17, 15) is 9.18 Å². The molecule has 4 rings (SSSR count). The third-order valence-electron chi connectivity index (χ3n) is 3.57. The van der Waals surface area contributed by atoms with Gasteiger partial charge in [0.2, 0.25) is 5.95 Å². The Morgan fingerprint density at radius 1 is 1.33 bits per heavy atom. The van der Waals surface area contributed by atoms with E-state index in [1.807, 2.05) is 0 Å². The third-order valence-corrected chi connectivity index (χ3v) is 3.57. The van der Waals surface area contributed by atoms with Gasteiger partial charge in [-0.05, 0) is 17.7 Å². The molecule has 0 saturated heterocycles. The molecular weight excluding hydrogens is 313 g/mol. The van der Waals surface area contributed by atoms with Gasteiger partial charge in [-0.3, -0.25) is 14.9 Å². The van der Waals surface area contributed by atoms with Gasteiger partial charge in [-0.2, -0.15) is 10.1 Å². The van der Waals surface area contributed by atoms with E-state index in [4.69, 9.17) is 0 Å². The van der Waals surface area contributed by atoms with Crippen LogP contribution in [0.25, 0.3) is 16.7 Å². The normalized spacial score (nSPS) is 11.0. The second-order valence-electron chi connectivity index (χ2n) is 5.16. The van der Waals surface area contributed by atoms with Crippen LogP contribution >= 0.6 is 0 Å². The second kappa shape index (κ2) is 5.61. The van der Waals surface area contributed by atoms with Gasteiger partial charge >= 0.3 is 0 Å². The molecule has 1 aromatic carbocycles. The van der Waals surface area contributed by atoms with E-state index in [-0.39, 0.29) is 17.3 Å². The molecule has 3 aromatic heterocycles. The van der Waals surface area contributed by atoms with Crippen LogP contribution in [-0.4, -0.2) is 29.7 Å². The maximum Gasteiger partial charge on any atom is 0.263 e. The SMILES string of the molecule is O=c1[nH]c(NCc2ccc(-n3ccnc3)c(F)c2)nc2[nH]ncc12. The monoisotopic (exact) mass is 325 g/mol. The highest BCUT2D eigenvalue weighted by molar-refractivity contribution is 5.73. The van der Waals surface area contributed by atoms with E-state index >= 15 is 0 Å². The summed E-state index contributed by atoms with van der Waals surface area (Å²) in [6.45, 7) is 0.309. The Hall–Kier alpha value is -3.49. The predicted octanol–water partition coefficient (Wildman–Crippen LogP) is 1.58. The first-order valence-electron chi connectivity index (χ1n) is 7.15. The number of hydrogen-bond acceptors (Lipinski definition) is 5. The minimum Gasteiger partial charge on any atom is -0.352 e. The summed E-state index contributed by atoms with van der Waals surface area (Å²) in [4.78, 5) is 22.6. The lowest BCUT2D eigenvalue weighted by atomic mass is 10.2. The first kappa shape index (κ1) is 14.1. The third kappa shape index (κ3) is 2.51. The van der Waals surface area contributed by atoms with E-state index in [1.54, 1.807) is 29.1 Å². The van der Waals surface area contributed by atoms with Gasteiger partial charge in [-0.25, -0.2) is 9.37 Å². The molecule has 0 amide bonds. The molecule has 0 atom stereocenters. The molecule has 3 N–H and O–H groups in total. The standard InChI is InChI=1S/C15H12FN7O/c16-11-5-9(1-2-12(11)23-4-3-17-8-23)6-18-15-20-13-10(7-19-22-13)14(24)21-15/h1-5,7-8H,6H2,(H3,18,19,20,21,22,24). The summed E-state index contributed by atoms with van der Waals surface area (Å²) in [5.41, 5.74) is 1.23. The number of anilines is 1. The zero-order chi connectivity index (χ0) is 16.5. The number of nitrogens with one attached hydrogen (secondary N) is 3. The maximum atomic E-state index is 14.2. The summed E-state index contributed by atoms with van der Waals surface area (Å²) in [6.07, 6.45) is 6.20. The molecule has 0 bridgehead atoms. The van der Waals surface area contributed by atoms with Crippen LogP contribution in [0.15, 0.2) is 47.9 Å². The predicted molar refractivity (Wildman–Crippen MR) is 85.4 cm³/mol. The molecule has 0 fully saturated rings. The molecule has 0 aliphatic carbocycles. The van der Waals surface area contributed by atoms with Crippen LogP contribution in [0.4, 0.5) is 10.3 Å². The van der Waals surface area contributed by atoms with Crippen molar-refractivity contribution in [2.24, 2.45) is 0 Å². The number of halogens is 1. The van der Waals surface area contributed by atoms with E-state index in [1.165, 1.54) is 18.6 Å². The Balaban J connectivity index is 1.55. The van der Waals surface area contributed by atoms with Crippen molar-refractivity contribution in [2.75, 3.05) is 5.32 Å². The average Bonchev–Trinajstić information content (AvgIpc) is 3.24. The molecule has 9 heteroatoms. The quantitative estimate of drug-likeness (QED) is 0.528. The fraction of sp³-hybridized carbons (Fsp3) is 0.0667.